The lowest BCUT2D eigenvalue weighted by Gasteiger charge is -2.53. The Labute approximate surface area is 210 Å². The molecule has 4 rings (SSSR count). The summed E-state index contributed by atoms with van der Waals surface area (Å²) in [7, 11) is 0. The molecule has 36 heavy (non-hydrogen) atoms. The molecular weight excluding hydrogens is 484 g/mol. The lowest BCUT2D eigenvalue weighted by atomic mass is 9.58. The van der Waals surface area contributed by atoms with Crippen molar-refractivity contribution in [1.82, 2.24) is 5.32 Å². The van der Waals surface area contributed by atoms with E-state index in [0.717, 1.165) is 51.4 Å². The van der Waals surface area contributed by atoms with Gasteiger partial charge in [-0.3, -0.25) is 10.1 Å². The van der Waals surface area contributed by atoms with Gasteiger partial charge in [0.05, 0.1) is 18.6 Å². The number of alkyl halides is 6. The second kappa shape index (κ2) is 11.8. The van der Waals surface area contributed by atoms with E-state index in [4.69, 9.17) is 4.74 Å². The highest BCUT2D eigenvalue weighted by atomic mass is 19.4. The topological polar surface area (TPSA) is 38.3 Å². The zero-order valence-electron chi connectivity index (χ0n) is 21.1. The average molecular weight is 526 g/mol. The Bertz CT molecular complexity index is 728. The Morgan fingerprint density at radius 3 is 2.11 bits per heavy atom. The van der Waals surface area contributed by atoms with E-state index in [-0.39, 0.29) is 6.61 Å². The predicted octanol–water partition coefficient (Wildman–Crippen LogP) is 7.09. The molecule has 4 fully saturated rings. The van der Waals surface area contributed by atoms with Crippen molar-refractivity contribution >= 4 is 5.97 Å². The average Bonchev–Trinajstić information content (AvgIpc) is 2.86. The molecule has 9 unspecified atom stereocenters. The molecule has 0 aromatic rings. The highest BCUT2D eigenvalue weighted by molar-refractivity contribution is 5.74. The van der Waals surface area contributed by atoms with Crippen molar-refractivity contribution in [3.63, 3.8) is 0 Å². The third-order valence-corrected chi connectivity index (χ3v) is 9.78. The van der Waals surface area contributed by atoms with Crippen molar-refractivity contribution < 1.29 is 35.9 Å². The van der Waals surface area contributed by atoms with Gasteiger partial charge in [-0.15, -0.1) is 0 Å². The maximum absolute atomic E-state index is 16.6. The summed E-state index contributed by atoms with van der Waals surface area (Å²) in [5.41, 5.74) is 0. The van der Waals surface area contributed by atoms with E-state index >= 15 is 4.39 Å². The lowest BCUT2D eigenvalue weighted by Crippen LogP contribution is -2.69. The molecule has 0 bridgehead atoms. The predicted molar refractivity (Wildman–Crippen MR) is 124 cm³/mol. The number of piperidine rings is 1. The van der Waals surface area contributed by atoms with E-state index in [1.54, 1.807) is 0 Å². The van der Waals surface area contributed by atoms with Crippen molar-refractivity contribution in [2.24, 2.45) is 41.4 Å². The monoisotopic (exact) mass is 525 g/mol. The summed E-state index contributed by atoms with van der Waals surface area (Å²) in [5, 5.41) is 2.06. The Morgan fingerprint density at radius 2 is 1.50 bits per heavy atom. The van der Waals surface area contributed by atoms with E-state index in [2.05, 4.69) is 5.32 Å². The van der Waals surface area contributed by atoms with E-state index in [1.165, 1.54) is 6.92 Å². The minimum atomic E-state index is -4.94. The van der Waals surface area contributed by atoms with Gasteiger partial charge in [0.25, 0.3) is 6.43 Å². The minimum absolute atomic E-state index is 0.120. The maximum Gasteiger partial charge on any atom is 0.404 e. The van der Waals surface area contributed by atoms with Crippen LogP contribution in [0.1, 0.15) is 84.0 Å². The first-order valence-electron chi connectivity index (χ1n) is 14.0. The minimum Gasteiger partial charge on any atom is -0.466 e. The second-order valence-electron chi connectivity index (χ2n) is 11.7. The van der Waals surface area contributed by atoms with Crippen LogP contribution in [-0.2, 0) is 9.53 Å². The lowest BCUT2D eigenvalue weighted by molar-refractivity contribution is -0.213. The number of halogens is 6. The van der Waals surface area contributed by atoms with Crippen LogP contribution in [-0.4, -0.2) is 43.4 Å². The fraction of sp³-hybridized carbons (Fsp3) is 0.963. The van der Waals surface area contributed by atoms with Crippen LogP contribution < -0.4 is 5.32 Å². The smallest absolute Gasteiger partial charge is 0.404 e. The first-order valence-corrected chi connectivity index (χ1v) is 14.0. The van der Waals surface area contributed by atoms with Crippen LogP contribution in [0.5, 0.6) is 0 Å². The highest BCUT2D eigenvalue weighted by Gasteiger charge is 2.62. The standard InChI is InChI=1S/C27H41F6NO2/c1-2-36-26(35)21-19(16-9-4-3-5-10-16)20(23(25(29)30)34-24(21)27(31,32)33)22(28)18-13-12-15-8-6-7-11-17(15)14-18/h15-25,34H,2-14H2,1H3. The number of ether oxygens (including phenoxy) is 1. The number of hydrogen-bond acceptors (Lipinski definition) is 3. The summed E-state index contributed by atoms with van der Waals surface area (Å²) in [6, 6.07) is -4.42. The summed E-state index contributed by atoms with van der Waals surface area (Å²) in [5.74, 6) is -5.24. The Balaban J connectivity index is 1.71. The molecule has 1 N–H and O–H groups in total. The van der Waals surface area contributed by atoms with Crippen LogP contribution in [0.4, 0.5) is 26.3 Å². The first-order chi connectivity index (χ1) is 17.1. The Hall–Kier alpha value is -0.990. The summed E-state index contributed by atoms with van der Waals surface area (Å²) < 4.78 is 93.2. The van der Waals surface area contributed by atoms with Gasteiger partial charge in [-0.05, 0) is 55.8 Å². The number of hydrogen-bond donors (Lipinski definition) is 1. The summed E-state index contributed by atoms with van der Waals surface area (Å²) in [6.07, 6.45) is 0.0365. The van der Waals surface area contributed by atoms with Gasteiger partial charge in [-0.1, -0.05) is 57.8 Å². The molecule has 1 saturated heterocycles. The third-order valence-electron chi connectivity index (χ3n) is 9.78. The van der Waals surface area contributed by atoms with Gasteiger partial charge < -0.3 is 4.74 Å². The van der Waals surface area contributed by atoms with Crippen LogP contribution in [0.25, 0.3) is 0 Å². The van der Waals surface area contributed by atoms with E-state index in [9.17, 15) is 26.7 Å². The van der Waals surface area contributed by atoms with E-state index in [1.807, 2.05) is 0 Å². The van der Waals surface area contributed by atoms with Crippen LogP contribution >= 0.6 is 0 Å². The molecule has 0 amide bonds. The number of rotatable bonds is 6. The molecule has 9 atom stereocenters. The molecule has 1 heterocycles. The fourth-order valence-corrected chi connectivity index (χ4v) is 8.24. The van der Waals surface area contributed by atoms with Gasteiger partial charge >= 0.3 is 12.1 Å². The zero-order chi connectivity index (χ0) is 26.0. The Morgan fingerprint density at radius 1 is 0.889 bits per heavy atom. The highest BCUT2D eigenvalue weighted by Crippen LogP contribution is 2.53. The molecule has 208 valence electrons. The number of fused-ring (bicyclic) bond motifs is 1. The van der Waals surface area contributed by atoms with Crippen molar-refractivity contribution in [3.05, 3.63) is 0 Å². The number of esters is 1. The maximum atomic E-state index is 16.6. The van der Waals surface area contributed by atoms with Gasteiger partial charge in [0, 0.05) is 5.92 Å². The second-order valence-corrected chi connectivity index (χ2v) is 11.7. The molecule has 0 aromatic carbocycles. The summed E-state index contributed by atoms with van der Waals surface area (Å²) in [4.78, 5) is 13.0. The van der Waals surface area contributed by atoms with Crippen molar-refractivity contribution in [2.75, 3.05) is 6.61 Å². The third kappa shape index (κ3) is 5.85. The molecule has 9 heteroatoms. The summed E-state index contributed by atoms with van der Waals surface area (Å²) in [6.45, 7) is 1.39. The van der Waals surface area contributed by atoms with Crippen molar-refractivity contribution in [3.8, 4) is 0 Å². The molecule has 0 aromatic heterocycles. The van der Waals surface area contributed by atoms with Gasteiger partial charge in [0.2, 0.25) is 0 Å². The normalized spacial score (nSPS) is 39.4. The number of nitrogens with one attached hydrogen (secondary N) is 1. The van der Waals surface area contributed by atoms with Crippen LogP contribution in [0.2, 0.25) is 0 Å². The molecule has 3 saturated carbocycles. The van der Waals surface area contributed by atoms with Crippen LogP contribution in [0, 0.1) is 41.4 Å². The van der Waals surface area contributed by atoms with Crippen molar-refractivity contribution in [2.45, 2.75) is 115 Å². The molecule has 0 radical (unpaired) electrons. The van der Waals surface area contributed by atoms with Crippen molar-refractivity contribution in [1.29, 1.82) is 0 Å². The van der Waals surface area contributed by atoms with Crippen LogP contribution in [0.15, 0.2) is 0 Å². The largest absolute Gasteiger partial charge is 0.466 e. The van der Waals surface area contributed by atoms with E-state index < -0.39 is 66.4 Å². The quantitative estimate of drug-likeness (QED) is 0.297. The Kier molecular flexibility index (Phi) is 9.20. The van der Waals surface area contributed by atoms with Gasteiger partial charge in [-0.2, -0.15) is 13.2 Å². The van der Waals surface area contributed by atoms with Gasteiger partial charge in [0.1, 0.15) is 12.2 Å². The van der Waals surface area contributed by atoms with E-state index in [0.29, 0.717) is 37.5 Å². The summed E-state index contributed by atoms with van der Waals surface area (Å²) >= 11 is 0. The fourth-order valence-electron chi connectivity index (χ4n) is 8.24. The molecular formula is C27H41F6NO2. The zero-order valence-corrected chi connectivity index (χ0v) is 21.1. The molecule has 3 nitrogen and oxygen atoms in total. The van der Waals surface area contributed by atoms with Gasteiger partial charge in [-0.25, -0.2) is 13.2 Å². The van der Waals surface area contributed by atoms with Crippen LogP contribution in [0.3, 0.4) is 0 Å². The molecule has 4 aliphatic rings. The number of carbonyl (C=O) groups is 1. The molecule has 3 aliphatic carbocycles. The first kappa shape index (κ1) is 28.0. The SMILES string of the molecule is CCOC(=O)C1C(C2CCCCC2)C(C(F)C2CCC3CCCCC3C2)C(C(F)F)NC1C(F)(F)F. The van der Waals surface area contributed by atoms with Gasteiger partial charge in [0.15, 0.2) is 0 Å². The number of carbonyl (C=O) groups excluding carboxylic acids is 1. The molecule has 1 aliphatic heterocycles. The molecule has 0 spiro atoms.